The van der Waals surface area contributed by atoms with Gasteiger partial charge in [-0.25, -0.2) is 13.6 Å². The van der Waals surface area contributed by atoms with Gasteiger partial charge in [0, 0.05) is 24.6 Å². The smallest absolute Gasteiger partial charge is 0.314 e. The highest BCUT2D eigenvalue weighted by atomic mass is 19.1. The van der Waals surface area contributed by atoms with Crippen LogP contribution in [0.4, 0.5) is 13.6 Å². The lowest BCUT2D eigenvalue weighted by Gasteiger charge is -2.36. The zero-order valence-electron chi connectivity index (χ0n) is 12.3. The van der Waals surface area contributed by atoms with Gasteiger partial charge in [-0.2, -0.15) is 0 Å². The van der Waals surface area contributed by atoms with Crippen LogP contribution in [0.5, 0.6) is 0 Å². The van der Waals surface area contributed by atoms with E-state index in [1.807, 2.05) is 0 Å². The molecular formula is C16H20F2N2O2. The van der Waals surface area contributed by atoms with Gasteiger partial charge in [-0.3, -0.25) is 0 Å². The lowest BCUT2D eigenvalue weighted by molar-refractivity contribution is -0.0290. The molecule has 1 aromatic rings. The number of urea groups is 1. The fourth-order valence-corrected chi connectivity index (χ4v) is 2.93. The topological polar surface area (TPSA) is 61.4 Å². The van der Waals surface area contributed by atoms with E-state index in [0.717, 1.165) is 25.3 Å². The molecule has 6 heteroatoms. The number of rotatable bonds is 5. The van der Waals surface area contributed by atoms with E-state index in [-0.39, 0.29) is 12.6 Å². The van der Waals surface area contributed by atoms with Gasteiger partial charge in [0.05, 0.1) is 5.60 Å². The predicted molar refractivity (Wildman–Crippen MR) is 77.5 cm³/mol. The third-order valence-electron chi connectivity index (χ3n) is 4.81. The summed E-state index contributed by atoms with van der Waals surface area (Å²) in [5.41, 5.74) is -0.744. The number of amides is 2. The number of carbonyl (C=O) groups excluding carboxylic acids is 1. The zero-order chi connectivity index (χ0) is 15.8. The van der Waals surface area contributed by atoms with Crippen LogP contribution in [-0.4, -0.2) is 29.8 Å². The molecule has 0 heterocycles. The van der Waals surface area contributed by atoms with Crippen LogP contribution in [0.2, 0.25) is 0 Å². The first kappa shape index (κ1) is 15.2. The van der Waals surface area contributed by atoms with E-state index < -0.39 is 22.7 Å². The molecule has 2 aliphatic rings. The summed E-state index contributed by atoms with van der Waals surface area (Å²) in [6, 6.07) is 3.20. The maximum absolute atomic E-state index is 13.9. The summed E-state index contributed by atoms with van der Waals surface area (Å²) in [6.07, 6.45) is 3.92. The van der Waals surface area contributed by atoms with E-state index in [0.29, 0.717) is 24.9 Å². The van der Waals surface area contributed by atoms with Crippen LogP contribution in [0.1, 0.15) is 37.7 Å². The maximum atomic E-state index is 13.9. The van der Waals surface area contributed by atoms with Gasteiger partial charge in [0.1, 0.15) is 11.6 Å². The molecule has 4 nitrogen and oxygen atoms in total. The highest BCUT2D eigenvalue weighted by Gasteiger charge is 2.46. The minimum absolute atomic E-state index is 0.233. The molecule has 0 spiro atoms. The molecule has 2 saturated carbocycles. The van der Waals surface area contributed by atoms with E-state index in [1.165, 1.54) is 12.1 Å². The minimum atomic E-state index is -0.766. The molecule has 0 saturated heterocycles. The Bertz CT molecular complexity index is 584. The van der Waals surface area contributed by atoms with Gasteiger partial charge in [0.25, 0.3) is 0 Å². The number of hydrogen-bond acceptors (Lipinski definition) is 2. The first-order valence-corrected chi connectivity index (χ1v) is 7.62. The number of carbonyl (C=O) groups is 1. The average molecular weight is 310 g/mol. The Morgan fingerprint density at radius 1 is 1.14 bits per heavy atom. The molecule has 2 fully saturated rings. The van der Waals surface area contributed by atoms with E-state index in [9.17, 15) is 18.7 Å². The van der Waals surface area contributed by atoms with Crippen LogP contribution < -0.4 is 10.6 Å². The fraction of sp³-hybridized carbons (Fsp3) is 0.562. The van der Waals surface area contributed by atoms with Crippen LogP contribution in [0.3, 0.4) is 0 Å². The standard InChI is InChI=1S/C16H20F2N2O2/c17-11-2-3-12(13(18)8-11)15(6-7-15)9-19-14(21)20-10-16(22)4-1-5-16/h2-3,8,22H,1,4-7,9-10H2,(H2,19,20,21). The molecule has 0 unspecified atom stereocenters. The molecular weight excluding hydrogens is 290 g/mol. The van der Waals surface area contributed by atoms with Crippen LogP contribution >= 0.6 is 0 Å². The van der Waals surface area contributed by atoms with Crippen LogP contribution in [-0.2, 0) is 5.41 Å². The van der Waals surface area contributed by atoms with Crippen molar-refractivity contribution in [3.63, 3.8) is 0 Å². The quantitative estimate of drug-likeness (QED) is 0.781. The van der Waals surface area contributed by atoms with Crippen molar-refractivity contribution in [3.8, 4) is 0 Å². The second-order valence-corrected chi connectivity index (χ2v) is 6.52. The van der Waals surface area contributed by atoms with E-state index in [1.54, 1.807) is 0 Å². The van der Waals surface area contributed by atoms with Crippen molar-refractivity contribution in [2.24, 2.45) is 0 Å². The Balaban J connectivity index is 1.53. The summed E-state index contributed by atoms with van der Waals surface area (Å²) in [6.45, 7) is 0.538. The van der Waals surface area contributed by atoms with E-state index in [2.05, 4.69) is 10.6 Å². The number of nitrogens with one attached hydrogen (secondary N) is 2. The van der Waals surface area contributed by atoms with Crippen molar-refractivity contribution in [2.75, 3.05) is 13.1 Å². The van der Waals surface area contributed by atoms with Gasteiger partial charge < -0.3 is 15.7 Å². The molecule has 120 valence electrons. The van der Waals surface area contributed by atoms with Gasteiger partial charge in [-0.05, 0) is 43.7 Å². The molecule has 1 aromatic carbocycles. The predicted octanol–water partition coefficient (Wildman–Crippen LogP) is 2.21. The summed E-state index contributed by atoms with van der Waals surface area (Å²) < 4.78 is 26.8. The van der Waals surface area contributed by atoms with Gasteiger partial charge >= 0.3 is 6.03 Å². The summed E-state index contributed by atoms with van der Waals surface area (Å²) in [4.78, 5) is 11.8. The lowest BCUT2D eigenvalue weighted by atomic mass is 9.80. The Morgan fingerprint density at radius 3 is 2.36 bits per heavy atom. The normalized spacial score (nSPS) is 20.9. The maximum Gasteiger partial charge on any atom is 0.314 e. The minimum Gasteiger partial charge on any atom is -0.388 e. The van der Waals surface area contributed by atoms with Gasteiger partial charge in [-0.15, -0.1) is 0 Å². The number of aliphatic hydroxyl groups is 1. The molecule has 22 heavy (non-hydrogen) atoms. The zero-order valence-corrected chi connectivity index (χ0v) is 12.3. The molecule has 0 bridgehead atoms. The number of halogens is 2. The highest BCUT2D eigenvalue weighted by Crippen LogP contribution is 2.48. The molecule has 3 rings (SSSR count). The van der Waals surface area contributed by atoms with Crippen molar-refractivity contribution in [1.82, 2.24) is 10.6 Å². The van der Waals surface area contributed by atoms with Crippen molar-refractivity contribution >= 4 is 6.03 Å². The van der Waals surface area contributed by atoms with Crippen LogP contribution in [0.25, 0.3) is 0 Å². The van der Waals surface area contributed by atoms with Gasteiger partial charge in [0.2, 0.25) is 0 Å². The third kappa shape index (κ3) is 3.06. The third-order valence-corrected chi connectivity index (χ3v) is 4.81. The first-order valence-electron chi connectivity index (χ1n) is 7.62. The molecule has 0 aliphatic heterocycles. The summed E-state index contributed by atoms with van der Waals surface area (Å²) >= 11 is 0. The fourth-order valence-electron chi connectivity index (χ4n) is 2.93. The van der Waals surface area contributed by atoms with Crippen LogP contribution in [0.15, 0.2) is 18.2 Å². The molecule has 0 atom stereocenters. The number of benzene rings is 1. The van der Waals surface area contributed by atoms with Gasteiger partial charge in [-0.1, -0.05) is 6.07 Å². The van der Waals surface area contributed by atoms with Crippen molar-refractivity contribution in [2.45, 2.75) is 43.1 Å². The van der Waals surface area contributed by atoms with Gasteiger partial charge in [0.15, 0.2) is 0 Å². The second-order valence-electron chi connectivity index (χ2n) is 6.52. The summed E-state index contributed by atoms with van der Waals surface area (Å²) in [5.74, 6) is -1.17. The Hall–Kier alpha value is -1.69. The van der Waals surface area contributed by atoms with E-state index in [4.69, 9.17) is 0 Å². The number of hydrogen-bond donors (Lipinski definition) is 3. The molecule has 3 N–H and O–H groups in total. The van der Waals surface area contributed by atoms with Crippen LogP contribution in [0, 0.1) is 11.6 Å². The Kier molecular flexibility index (Phi) is 3.80. The molecule has 2 amide bonds. The molecule has 0 aromatic heterocycles. The largest absolute Gasteiger partial charge is 0.388 e. The molecule has 2 aliphatic carbocycles. The average Bonchev–Trinajstić information content (AvgIpc) is 3.22. The van der Waals surface area contributed by atoms with Crippen molar-refractivity contribution < 1.29 is 18.7 Å². The molecule has 0 radical (unpaired) electrons. The SMILES string of the molecule is O=C(NCC1(O)CCC1)NCC1(c2ccc(F)cc2F)CC1. The highest BCUT2D eigenvalue weighted by molar-refractivity contribution is 5.74. The first-order chi connectivity index (χ1) is 10.4. The summed E-state index contributed by atoms with van der Waals surface area (Å²) in [5, 5.41) is 15.3. The summed E-state index contributed by atoms with van der Waals surface area (Å²) in [7, 11) is 0. The lowest BCUT2D eigenvalue weighted by Crippen LogP contribution is -2.50. The van der Waals surface area contributed by atoms with E-state index >= 15 is 0 Å². The second kappa shape index (κ2) is 5.50. The monoisotopic (exact) mass is 310 g/mol. The Morgan fingerprint density at radius 2 is 1.82 bits per heavy atom. The Labute approximate surface area is 127 Å². The van der Waals surface area contributed by atoms with Crippen molar-refractivity contribution in [3.05, 3.63) is 35.4 Å². The van der Waals surface area contributed by atoms with Crippen molar-refractivity contribution in [1.29, 1.82) is 0 Å².